The van der Waals surface area contributed by atoms with Crippen molar-refractivity contribution in [2.45, 2.75) is 20.0 Å². The van der Waals surface area contributed by atoms with Crippen LogP contribution in [-0.4, -0.2) is 58.0 Å². The monoisotopic (exact) mass is 483 g/mol. The highest BCUT2D eigenvalue weighted by atomic mass is 16.5. The van der Waals surface area contributed by atoms with Crippen molar-refractivity contribution in [3.05, 3.63) is 89.7 Å². The molecule has 1 amide bonds. The Labute approximate surface area is 212 Å². The van der Waals surface area contributed by atoms with Gasteiger partial charge in [0.15, 0.2) is 6.61 Å². The molecular weight excluding hydrogens is 450 g/mol. The number of aryl methyl sites for hydroxylation is 2. The smallest absolute Gasteiger partial charge is 0.262 e. The maximum absolute atomic E-state index is 12.4. The summed E-state index contributed by atoms with van der Waals surface area (Å²) in [6.07, 6.45) is 0. The number of amides is 1. The van der Waals surface area contributed by atoms with Gasteiger partial charge in [0, 0.05) is 45.5 Å². The van der Waals surface area contributed by atoms with Crippen molar-refractivity contribution < 1.29 is 9.53 Å². The van der Waals surface area contributed by atoms with Crippen molar-refractivity contribution >= 4 is 22.6 Å². The van der Waals surface area contributed by atoms with Crippen LogP contribution in [0.15, 0.2) is 72.8 Å². The summed E-state index contributed by atoms with van der Waals surface area (Å²) in [7, 11) is 2.06. The van der Waals surface area contributed by atoms with Crippen LogP contribution in [0.2, 0.25) is 0 Å². The van der Waals surface area contributed by atoms with Crippen molar-refractivity contribution in [1.29, 1.82) is 0 Å². The van der Waals surface area contributed by atoms with Crippen LogP contribution in [0.25, 0.3) is 11.0 Å². The second-order valence-electron chi connectivity index (χ2n) is 9.48. The van der Waals surface area contributed by atoms with Crippen LogP contribution in [0.4, 0.5) is 5.69 Å². The van der Waals surface area contributed by atoms with Gasteiger partial charge in [0.05, 0.1) is 17.6 Å². The summed E-state index contributed by atoms with van der Waals surface area (Å²) < 4.78 is 7.74. The number of piperazine rings is 1. The average molecular weight is 484 g/mol. The number of carbonyl (C=O) groups is 1. The normalized spacial score (nSPS) is 14.7. The van der Waals surface area contributed by atoms with Gasteiger partial charge in [-0.15, -0.1) is 0 Å². The summed E-state index contributed by atoms with van der Waals surface area (Å²) in [4.78, 5) is 22.3. The highest BCUT2D eigenvalue weighted by molar-refractivity contribution is 5.94. The fraction of sp³-hybridized carbons (Fsp3) is 0.310. The van der Waals surface area contributed by atoms with E-state index in [9.17, 15) is 4.79 Å². The minimum atomic E-state index is -0.195. The number of nitrogens with one attached hydrogen (secondary N) is 1. The molecule has 2 heterocycles. The van der Waals surface area contributed by atoms with E-state index in [2.05, 4.69) is 57.1 Å². The molecule has 0 saturated carbocycles. The number of ether oxygens (including phenoxy) is 1. The van der Waals surface area contributed by atoms with Crippen molar-refractivity contribution in [2.75, 3.05) is 38.1 Å². The van der Waals surface area contributed by atoms with Crippen LogP contribution >= 0.6 is 0 Å². The van der Waals surface area contributed by atoms with Gasteiger partial charge in [-0.3, -0.25) is 14.6 Å². The van der Waals surface area contributed by atoms with Gasteiger partial charge in [0.2, 0.25) is 0 Å². The first-order valence-corrected chi connectivity index (χ1v) is 12.5. The maximum atomic E-state index is 12.4. The topological polar surface area (TPSA) is 62.6 Å². The Morgan fingerprint density at radius 1 is 0.917 bits per heavy atom. The quantitative estimate of drug-likeness (QED) is 0.407. The first-order valence-electron chi connectivity index (χ1n) is 12.5. The zero-order chi connectivity index (χ0) is 24.9. The van der Waals surface area contributed by atoms with Gasteiger partial charge in [0.1, 0.15) is 11.6 Å². The molecule has 3 aromatic carbocycles. The number of anilines is 1. The van der Waals surface area contributed by atoms with E-state index in [1.165, 1.54) is 5.56 Å². The molecule has 0 aliphatic carbocycles. The van der Waals surface area contributed by atoms with Crippen LogP contribution in [0.1, 0.15) is 17.0 Å². The van der Waals surface area contributed by atoms with Gasteiger partial charge in [-0.25, -0.2) is 4.98 Å². The van der Waals surface area contributed by atoms with E-state index in [1.807, 2.05) is 49.4 Å². The molecule has 4 aromatic rings. The molecule has 1 fully saturated rings. The molecule has 5 rings (SSSR count). The highest BCUT2D eigenvalue weighted by Gasteiger charge is 2.19. The number of rotatable bonds is 8. The van der Waals surface area contributed by atoms with Crippen molar-refractivity contribution in [2.24, 2.45) is 7.05 Å². The van der Waals surface area contributed by atoms with Crippen molar-refractivity contribution in [3.63, 3.8) is 0 Å². The number of aromatic nitrogens is 2. The van der Waals surface area contributed by atoms with Crippen LogP contribution in [0.3, 0.4) is 0 Å². The zero-order valence-corrected chi connectivity index (χ0v) is 21.0. The Hall–Kier alpha value is -3.68. The lowest BCUT2D eigenvalue weighted by molar-refractivity contribution is -0.118. The van der Waals surface area contributed by atoms with Gasteiger partial charge < -0.3 is 14.6 Å². The molecule has 7 heteroatoms. The Balaban J connectivity index is 1.15. The van der Waals surface area contributed by atoms with E-state index in [-0.39, 0.29) is 12.5 Å². The molecule has 1 N–H and O–H groups in total. The highest BCUT2D eigenvalue weighted by Crippen LogP contribution is 2.21. The molecule has 36 heavy (non-hydrogen) atoms. The number of hydrogen-bond donors (Lipinski definition) is 1. The average Bonchev–Trinajstić information content (AvgIpc) is 3.19. The molecule has 0 unspecified atom stereocenters. The van der Waals surface area contributed by atoms with Gasteiger partial charge in [0.25, 0.3) is 5.91 Å². The summed E-state index contributed by atoms with van der Waals surface area (Å²) >= 11 is 0. The standard InChI is InChI=1S/C29H33N5O2/c1-22-8-11-25(12-9-22)36-21-29(35)30-24-10-13-27-26(18-24)31-28(32(27)2)20-34-16-14-33(15-17-34)19-23-6-4-3-5-7-23/h3-13,18H,14-17,19-21H2,1-2H3,(H,30,35). The first-order chi connectivity index (χ1) is 17.5. The van der Waals surface area contributed by atoms with E-state index in [4.69, 9.17) is 9.72 Å². The van der Waals surface area contributed by atoms with Crippen LogP contribution in [0, 0.1) is 6.92 Å². The summed E-state index contributed by atoms with van der Waals surface area (Å²) in [5, 5.41) is 2.92. The molecule has 0 radical (unpaired) electrons. The van der Waals surface area contributed by atoms with Gasteiger partial charge in [-0.05, 0) is 42.8 Å². The van der Waals surface area contributed by atoms with Gasteiger partial charge in [-0.2, -0.15) is 0 Å². The summed E-state index contributed by atoms with van der Waals surface area (Å²) in [5.41, 5.74) is 5.18. The van der Waals surface area contributed by atoms with Gasteiger partial charge in [-0.1, -0.05) is 48.0 Å². The number of carbonyl (C=O) groups excluding carboxylic acids is 1. The third-order valence-electron chi connectivity index (χ3n) is 6.73. The molecule has 1 aliphatic rings. The fourth-order valence-electron chi connectivity index (χ4n) is 4.60. The Bertz CT molecular complexity index is 1310. The maximum Gasteiger partial charge on any atom is 0.262 e. The third kappa shape index (κ3) is 5.93. The molecule has 1 aromatic heterocycles. The van der Waals surface area contributed by atoms with E-state index in [0.29, 0.717) is 5.75 Å². The lowest BCUT2D eigenvalue weighted by Crippen LogP contribution is -2.45. The Morgan fingerprint density at radius 2 is 1.61 bits per heavy atom. The molecule has 7 nitrogen and oxygen atoms in total. The number of hydrogen-bond acceptors (Lipinski definition) is 5. The Morgan fingerprint density at radius 3 is 2.33 bits per heavy atom. The van der Waals surface area contributed by atoms with E-state index < -0.39 is 0 Å². The molecule has 1 aliphatic heterocycles. The van der Waals surface area contributed by atoms with Crippen molar-refractivity contribution in [3.8, 4) is 5.75 Å². The third-order valence-corrected chi connectivity index (χ3v) is 6.73. The van der Waals surface area contributed by atoms with E-state index in [1.54, 1.807) is 0 Å². The number of imidazole rings is 1. The summed E-state index contributed by atoms with van der Waals surface area (Å²) in [6, 6.07) is 24.2. The van der Waals surface area contributed by atoms with E-state index in [0.717, 1.165) is 67.4 Å². The van der Waals surface area contributed by atoms with E-state index >= 15 is 0 Å². The number of benzene rings is 3. The minimum Gasteiger partial charge on any atom is -0.484 e. The lowest BCUT2D eigenvalue weighted by Gasteiger charge is -2.34. The molecular formula is C29H33N5O2. The van der Waals surface area contributed by atoms with Gasteiger partial charge >= 0.3 is 0 Å². The Kier molecular flexibility index (Phi) is 7.30. The van der Waals surface area contributed by atoms with Crippen LogP contribution in [0.5, 0.6) is 5.75 Å². The second-order valence-corrected chi connectivity index (χ2v) is 9.48. The molecule has 186 valence electrons. The number of fused-ring (bicyclic) bond motifs is 1. The zero-order valence-electron chi connectivity index (χ0n) is 21.0. The molecule has 0 atom stereocenters. The summed E-state index contributed by atoms with van der Waals surface area (Å²) in [6.45, 7) is 7.96. The van der Waals surface area contributed by atoms with Crippen molar-refractivity contribution in [1.82, 2.24) is 19.4 Å². The first kappa shape index (κ1) is 24.0. The predicted molar refractivity (Wildman–Crippen MR) is 143 cm³/mol. The predicted octanol–water partition coefficient (Wildman–Crippen LogP) is 4.22. The molecule has 0 bridgehead atoms. The molecule has 0 spiro atoms. The van der Waals surface area contributed by atoms with Crippen LogP contribution in [-0.2, 0) is 24.9 Å². The largest absolute Gasteiger partial charge is 0.484 e. The second kappa shape index (κ2) is 10.9. The number of nitrogens with zero attached hydrogens (tertiary/aromatic N) is 4. The SMILES string of the molecule is Cc1ccc(OCC(=O)Nc2ccc3c(c2)nc(CN2CCN(Cc4ccccc4)CC2)n3C)cc1. The minimum absolute atomic E-state index is 0.0369. The molecule has 1 saturated heterocycles. The van der Waals surface area contributed by atoms with Crippen LogP contribution < -0.4 is 10.1 Å². The fourth-order valence-corrected chi connectivity index (χ4v) is 4.60. The lowest BCUT2D eigenvalue weighted by atomic mass is 10.2. The summed E-state index contributed by atoms with van der Waals surface area (Å²) in [5.74, 6) is 1.52.